The number of rotatable bonds is 3. The molecule has 0 aliphatic heterocycles. The topological polar surface area (TPSA) is 113 Å². The maximum Gasteiger partial charge on any atom is 0.257 e. The molecular formula is C7H5ClN10S. The minimum Gasteiger partial charge on any atom is -0.223 e. The van der Waals surface area contributed by atoms with Gasteiger partial charge in [0.05, 0.1) is 0 Å². The van der Waals surface area contributed by atoms with Gasteiger partial charge in [0.2, 0.25) is 15.6 Å². The van der Waals surface area contributed by atoms with E-state index in [1.807, 2.05) is 0 Å². The second-order valence-corrected chi connectivity index (χ2v) is 4.49. The molecule has 3 aromatic rings. The molecule has 10 nitrogen and oxygen atoms in total. The molecule has 0 aliphatic rings. The summed E-state index contributed by atoms with van der Waals surface area (Å²) in [6.45, 7) is 0. The first-order valence-corrected chi connectivity index (χ1v) is 6.08. The van der Waals surface area contributed by atoms with E-state index in [2.05, 4.69) is 40.6 Å². The highest BCUT2D eigenvalue weighted by atomic mass is 35.5. The van der Waals surface area contributed by atoms with Crippen LogP contribution in [-0.2, 0) is 7.05 Å². The average molecular weight is 297 g/mol. The number of aromatic nitrogens is 10. The van der Waals surface area contributed by atoms with Gasteiger partial charge in [0.15, 0.2) is 0 Å². The zero-order valence-electron chi connectivity index (χ0n) is 9.41. The zero-order chi connectivity index (χ0) is 13.2. The molecule has 3 aromatic heterocycles. The summed E-state index contributed by atoms with van der Waals surface area (Å²) in [6, 6.07) is 0. The summed E-state index contributed by atoms with van der Waals surface area (Å²) in [5.41, 5.74) is 0. The van der Waals surface area contributed by atoms with Crippen LogP contribution in [0.5, 0.6) is 0 Å². The summed E-state index contributed by atoms with van der Waals surface area (Å²) < 4.78 is 2.88. The second-order valence-electron chi connectivity index (χ2n) is 3.21. The molecule has 0 saturated carbocycles. The zero-order valence-corrected chi connectivity index (χ0v) is 11.0. The number of nitrogens with zero attached hydrogens (tertiary/aromatic N) is 10. The molecule has 3 heterocycles. The molecule has 96 valence electrons. The van der Waals surface area contributed by atoms with Crippen LogP contribution in [-0.4, -0.2) is 49.9 Å². The fourth-order valence-corrected chi connectivity index (χ4v) is 2.05. The van der Waals surface area contributed by atoms with Crippen LogP contribution in [0.25, 0.3) is 5.95 Å². The molecule has 3 rings (SSSR count). The lowest BCUT2D eigenvalue weighted by atomic mass is 10.9. The Morgan fingerprint density at radius 1 is 1.26 bits per heavy atom. The Labute approximate surface area is 115 Å². The normalized spacial score (nSPS) is 10.8. The van der Waals surface area contributed by atoms with Crippen LogP contribution >= 0.6 is 23.4 Å². The van der Waals surface area contributed by atoms with E-state index in [4.69, 9.17) is 11.6 Å². The molecule has 0 aliphatic carbocycles. The van der Waals surface area contributed by atoms with Crippen molar-refractivity contribution < 1.29 is 0 Å². The van der Waals surface area contributed by atoms with E-state index < -0.39 is 0 Å². The van der Waals surface area contributed by atoms with Crippen LogP contribution in [0.2, 0.25) is 5.28 Å². The number of tetrazole rings is 1. The van der Waals surface area contributed by atoms with Gasteiger partial charge >= 0.3 is 0 Å². The first kappa shape index (κ1) is 11.9. The Kier molecular flexibility index (Phi) is 3.05. The standard InChI is InChI=1S/C7H5ClN10S/c1-17-7(14-15-16-17)19-6-12-4(8)11-5(13-6)18-3-9-2-10-18/h2-3H,1H3. The van der Waals surface area contributed by atoms with E-state index in [0.717, 1.165) is 0 Å². The lowest BCUT2D eigenvalue weighted by molar-refractivity contribution is 0.662. The fraction of sp³-hybridized carbons (Fsp3) is 0.143. The van der Waals surface area contributed by atoms with Gasteiger partial charge in [-0.15, -0.1) is 5.10 Å². The van der Waals surface area contributed by atoms with E-state index in [-0.39, 0.29) is 11.2 Å². The van der Waals surface area contributed by atoms with Crippen LogP contribution in [0.3, 0.4) is 0 Å². The fourth-order valence-electron chi connectivity index (χ4n) is 1.17. The maximum absolute atomic E-state index is 5.85. The molecule has 0 saturated heterocycles. The minimum atomic E-state index is 0.0538. The highest BCUT2D eigenvalue weighted by molar-refractivity contribution is 7.99. The molecular weight excluding hydrogens is 292 g/mol. The maximum atomic E-state index is 5.85. The SMILES string of the molecule is Cn1nnnc1Sc1nc(Cl)nc(-n2cncn2)n1. The number of hydrogen-bond donors (Lipinski definition) is 0. The Morgan fingerprint density at radius 3 is 2.84 bits per heavy atom. The molecule has 0 aromatic carbocycles. The summed E-state index contributed by atoms with van der Waals surface area (Å²) in [6.07, 6.45) is 2.83. The molecule has 0 amide bonds. The van der Waals surface area contributed by atoms with Crippen molar-refractivity contribution in [2.75, 3.05) is 0 Å². The Balaban J connectivity index is 1.96. The van der Waals surface area contributed by atoms with Gasteiger partial charge in [-0.1, -0.05) is 0 Å². The largest absolute Gasteiger partial charge is 0.257 e. The molecule has 0 N–H and O–H groups in total. The molecule has 19 heavy (non-hydrogen) atoms. The molecule has 0 atom stereocenters. The van der Waals surface area contributed by atoms with E-state index in [0.29, 0.717) is 10.3 Å². The number of aryl methyl sites for hydroxylation is 1. The van der Waals surface area contributed by atoms with Gasteiger partial charge in [-0.25, -0.2) is 9.67 Å². The van der Waals surface area contributed by atoms with Crippen molar-refractivity contribution in [1.82, 2.24) is 49.9 Å². The number of hydrogen-bond acceptors (Lipinski definition) is 9. The van der Waals surface area contributed by atoms with Gasteiger partial charge in [0.1, 0.15) is 12.7 Å². The van der Waals surface area contributed by atoms with Crippen molar-refractivity contribution >= 4 is 23.4 Å². The van der Waals surface area contributed by atoms with E-state index >= 15 is 0 Å². The Morgan fingerprint density at radius 2 is 2.16 bits per heavy atom. The highest BCUT2D eigenvalue weighted by Gasteiger charge is 2.12. The highest BCUT2D eigenvalue weighted by Crippen LogP contribution is 2.22. The monoisotopic (exact) mass is 296 g/mol. The van der Waals surface area contributed by atoms with Gasteiger partial charge in [0.25, 0.3) is 5.95 Å². The van der Waals surface area contributed by atoms with Crippen LogP contribution in [0.1, 0.15) is 0 Å². The van der Waals surface area contributed by atoms with Gasteiger partial charge in [-0.2, -0.15) is 24.7 Å². The molecule has 0 spiro atoms. The summed E-state index contributed by atoms with van der Waals surface area (Å²) in [4.78, 5) is 16.0. The Bertz CT molecular complexity index is 694. The van der Waals surface area contributed by atoms with Gasteiger partial charge < -0.3 is 0 Å². The third kappa shape index (κ3) is 2.51. The van der Waals surface area contributed by atoms with Crippen molar-refractivity contribution in [3.63, 3.8) is 0 Å². The summed E-state index contributed by atoms with van der Waals surface area (Å²) in [5, 5.41) is 15.9. The van der Waals surface area contributed by atoms with Gasteiger partial charge in [0, 0.05) is 7.05 Å². The van der Waals surface area contributed by atoms with Crippen LogP contribution in [0, 0.1) is 0 Å². The van der Waals surface area contributed by atoms with Crippen LogP contribution in [0.4, 0.5) is 0 Å². The molecule has 0 bridgehead atoms. The van der Waals surface area contributed by atoms with Crippen molar-refractivity contribution in [3.8, 4) is 5.95 Å². The average Bonchev–Trinajstić information content (AvgIpc) is 3.01. The Hall–Kier alpha value is -2.14. The summed E-state index contributed by atoms with van der Waals surface area (Å²) in [7, 11) is 1.71. The van der Waals surface area contributed by atoms with E-state index in [1.165, 1.54) is 33.8 Å². The van der Waals surface area contributed by atoms with Crippen molar-refractivity contribution in [2.24, 2.45) is 7.05 Å². The van der Waals surface area contributed by atoms with Crippen molar-refractivity contribution in [3.05, 3.63) is 17.9 Å². The predicted molar refractivity (Wildman–Crippen MR) is 62.7 cm³/mol. The van der Waals surface area contributed by atoms with E-state index in [1.54, 1.807) is 7.05 Å². The van der Waals surface area contributed by atoms with Crippen molar-refractivity contribution in [2.45, 2.75) is 10.3 Å². The quantitative estimate of drug-likeness (QED) is 0.647. The number of halogens is 1. The molecule has 0 fully saturated rings. The third-order valence-electron chi connectivity index (χ3n) is 1.96. The third-order valence-corrected chi connectivity index (χ3v) is 3.03. The van der Waals surface area contributed by atoms with Crippen LogP contribution < -0.4 is 0 Å². The summed E-state index contributed by atoms with van der Waals surface area (Å²) in [5.74, 6) is 0.273. The van der Waals surface area contributed by atoms with Crippen LogP contribution in [0.15, 0.2) is 23.0 Å². The summed E-state index contributed by atoms with van der Waals surface area (Å²) >= 11 is 7.02. The first-order chi connectivity index (χ1) is 9.22. The molecule has 12 heteroatoms. The second kappa shape index (κ2) is 4.85. The molecule has 0 radical (unpaired) electrons. The predicted octanol–water partition coefficient (Wildman–Crippen LogP) is -0.220. The smallest absolute Gasteiger partial charge is 0.223 e. The minimum absolute atomic E-state index is 0.0538. The lowest BCUT2D eigenvalue weighted by Gasteiger charge is -2.02. The van der Waals surface area contributed by atoms with Gasteiger partial charge in [-0.05, 0) is 33.8 Å². The van der Waals surface area contributed by atoms with Gasteiger partial charge in [-0.3, -0.25) is 0 Å². The first-order valence-electron chi connectivity index (χ1n) is 4.89. The van der Waals surface area contributed by atoms with E-state index in [9.17, 15) is 0 Å². The lowest BCUT2D eigenvalue weighted by Crippen LogP contribution is -2.05. The molecule has 0 unspecified atom stereocenters. The van der Waals surface area contributed by atoms with Crippen molar-refractivity contribution in [1.29, 1.82) is 0 Å².